The summed E-state index contributed by atoms with van der Waals surface area (Å²) in [6.45, 7) is 1.75. The highest BCUT2D eigenvalue weighted by molar-refractivity contribution is 5.93. The molecule has 0 aliphatic carbocycles. The van der Waals surface area contributed by atoms with Gasteiger partial charge in [0.2, 0.25) is 5.43 Å². The lowest BCUT2D eigenvalue weighted by atomic mass is 10.0. The van der Waals surface area contributed by atoms with Gasteiger partial charge in [-0.25, -0.2) is 9.59 Å². The first kappa shape index (κ1) is 17.6. The molecule has 3 N–H and O–H groups in total. The maximum atomic E-state index is 12.4. The zero-order valence-electron chi connectivity index (χ0n) is 13.1. The van der Waals surface area contributed by atoms with Crippen LogP contribution in [-0.2, 0) is 14.3 Å². The fraction of sp³-hybridized carbons (Fsp3) is 0.312. The number of carbonyl (C=O) groups is 2. The highest BCUT2D eigenvalue weighted by Crippen LogP contribution is 2.21. The first-order valence-electron chi connectivity index (χ1n) is 7.17. The molecule has 1 aromatic heterocycles. The number of esters is 2. The summed E-state index contributed by atoms with van der Waals surface area (Å²) >= 11 is 0. The molecular weight excluding hydrogens is 318 g/mol. The van der Waals surface area contributed by atoms with Gasteiger partial charge in [0.15, 0.2) is 6.10 Å². The number of benzene rings is 1. The number of methoxy groups -OCH3 is 1. The van der Waals surface area contributed by atoms with Crippen LogP contribution in [0.3, 0.4) is 0 Å². The number of rotatable bonds is 5. The van der Waals surface area contributed by atoms with E-state index in [1.54, 1.807) is 6.92 Å². The van der Waals surface area contributed by atoms with Crippen LogP contribution < -0.4 is 5.43 Å². The lowest BCUT2D eigenvalue weighted by Gasteiger charge is -2.16. The Labute approximate surface area is 136 Å². The van der Waals surface area contributed by atoms with Gasteiger partial charge in [-0.15, -0.1) is 0 Å². The Kier molecular flexibility index (Phi) is 5.32. The van der Waals surface area contributed by atoms with Crippen molar-refractivity contribution < 1.29 is 29.3 Å². The number of aromatic amines is 1. The van der Waals surface area contributed by atoms with E-state index in [-0.39, 0.29) is 23.1 Å². The third-order valence-corrected chi connectivity index (χ3v) is 3.48. The van der Waals surface area contributed by atoms with Crippen LogP contribution in [0.5, 0.6) is 0 Å². The van der Waals surface area contributed by atoms with Gasteiger partial charge in [-0.2, -0.15) is 0 Å². The maximum Gasteiger partial charge on any atom is 0.343 e. The molecule has 24 heavy (non-hydrogen) atoms. The van der Waals surface area contributed by atoms with E-state index in [1.165, 1.54) is 24.4 Å². The van der Waals surface area contributed by atoms with Gasteiger partial charge in [0.1, 0.15) is 11.7 Å². The zero-order valence-corrected chi connectivity index (χ0v) is 13.1. The van der Waals surface area contributed by atoms with Gasteiger partial charge in [0.25, 0.3) is 0 Å². The fourth-order valence-electron chi connectivity index (χ4n) is 2.21. The van der Waals surface area contributed by atoms with Crippen molar-refractivity contribution in [2.24, 2.45) is 0 Å². The third kappa shape index (κ3) is 3.29. The Morgan fingerprint density at radius 2 is 2.00 bits per heavy atom. The second-order valence-electron chi connectivity index (χ2n) is 4.97. The van der Waals surface area contributed by atoms with E-state index in [0.29, 0.717) is 5.52 Å². The quantitative estimate of drug-likeness (QED) is 0.670. The van der Waals surface area contributed by atoms with Crippen molar-refractivity contribution in [3.05, 3.63) is 45.7 Å². The smallest absolute Gasteiger partial charge is 0.343 e. The third-order valence-electron chi connectivity index (χ3n) is 3.48. The van der Waals surface area contributed by atoms with Crippen LogP contribution in [0, 0.1) is 0 Å². The predicted molar refractivity (Wildman–Crippen MR) is 83.5 cm³/mol. The lowest BCUT2D eigenvalue weighted by molar-refractivity contribution is -0.156. The van der Waals surface area contributed by atoms with E-state index >= 15 is 0 Å². The van der Waals surface area contributed by atoms with Gasteiger partial charge in [-0.1, -0.05) is 6.07 Å². The minimum absolute atomic E-state index is 0.120. The van der Waals surface area contributed by atoms with Crippen LogP contribution in [-0.4, -0.2) is 47.0 Å². The van der Waals surface area contributed by atoms with Crippen LogP contribution in [0.25, 0.3) is 10.9 Å². The minimum atomic E-state index is -1.79. The molecule has 2 rings (SSSR count). The van der Waals surface area contributed by atoms with Crippen LogP contribution >= 0.6 is 0 Å². The molecule has 0 amide bonds. The van der Waals surface area contributed by atoms with Crippen molar-refractivity contribution in [2.75, 3.05) is 13.7 Å². The molecule has 2 aromatic rings. The minimum Gasteiger partial charge on any atom is -0.467 e. The second-order valence-corrected chi connectivity index (χ2v) is 4.97. The van der Waals surface area contributed by atoms with Gasteiger partial charge in [0.05, 0.1) is 13.7 Å². The number of aliphatic hydroxyl groups is 2. The molecule has 8 heteroatoms. The summed E-state index contributed by atoms with van der Waals surface area (Å²) in [7, 11) is 1.08. The highest BCUT2D eigenvalue weighted by Gasteiger charge is 2.27. The normalized spacial score (nSPS) is 13.3. The molecule has 2 atom stereocenters. The maximum absolute atomic E-state index is 12.4. The summed E-state index contributed by atoms with van der Waals surface area (Å²) in [5.74, 6) is -1.77. The number of aliphatic hydroxyl groups excluding tert-OH is 2. The van der Waals surface area contributed by atoms with E-state index in [2.05, 4.69) is 9.72 Å². The van der Waals surface area contributed by atoms with Gasteiger partial charge in [-0.05, 0) is 24.6 Å². The SMILES string of the molecule is CCOC(=O)c1c[nH]c2ccc(C(O)C(O)C(=O)OC)cc2c1=O. The first-order valence-corrected chi connectivity index (χ1v) is 7.17. The number of pyridine rings is 1. The van der Waals surface area contributed by atoms with Crippen LogP contribution in [0.15, 0.2) is 29.2 Å². The number of nitrogens with one attached hydrogen (secondary N) is 1. The van der Waals surface area contributed by atoms with E-state index in [1.807, 2.05) is 0 Å². The summed E-state index contributed by atoms with van der Waals surface area (Å²) in [4.78, 5) is 38.3. The molecule has 2 unspecified atom stereocenters. The van der Waals surface area contributed by atoms with E-state index in [4.69, 9.17) is 4.74 Å². The Morgan fingerprint density at radius 3 is 2.62 bits per heavy atom. The van der Waals surface area contributed by atoms with Crippen molar-refractivity contribution >= 4 is 22.8 Å². The molecule has 8 nitrogen and oxygen atoms in total. The molecular formula is C16H17NO7. The molecule has 128 valence electrons. The largest absolute Gasteiger partial charge is 0.467 e. The number of ether oxygens (including phenoxy) is 2. The molecule has 1 heterocycles. The predicted octanol–water partition coefficient (Wildman–Crippen LogP) is 0.272. The molecule has 0 fully saturated rings. The topological polar surface area (TPSA) is 126 Å². The molecule has 0 bridgehead atoms. The molecule has 0 aliphatic heterocycles. The standard InChI is InChI=1S/C16H17NO7/c1-3-24-15(21)10-7-17-11-5-4-8(6-9(11)13(10)19)12(18)14(20)16(22)23-2/h4-7,12,14,18,20H,3H2,1-2H3,(H,17,19). The van der Waals surface area contributed by atoms with Crippen LogP contribution in [0.2, 0.25) is 0 Å². The number of hydrogen-bond donors (Lipinski definition) is 3. The van der Waals surface area contributed by atoms with Gasteiger partial charge >= 0.3 is 11.9 Å². The average molecular weight is 335 g/mol. The van der Waals surface area contributed by atoms with Crippen molar-refractivity contribution in [2.45, 2.75) is 19.1 Å². The molecule has 0 aliphatic rings. The van der Waals surface area contributed by atoms with E-state index in [0.717, 1.165) is 7.11 Å². The Morgan fingerprint density at radius 1 is 1.29 bits per heavy atom. The first-order chi connectivity index (χ1) is 11.4. The number of H-pyrrole nitrogens is 1. The number of carbonyl (C=O) groups excluding carboxylic acids is 2. The van der Waals surface area contributed by atoms with E-state index < -0.39 is 29.6 Å². The highest BCUT2D eigenvalue weighted by atomic mass is 16.5. The number of hydrogen-bond acceptors (Lipinski definition) is 7. The molecule has 0 saturated carbocycles. The summed E-state index contributed by atoms with van der Waals surface area (Å²) in [6, 6.07) is 4.24. The van der Waals surface area contributed by atoms with Crippen molar-refractivity contribution in [3.8, 4) is 0 Å². The van der Waals surface area contributed by atoms with E-state index in [9.17, 15) is 24.6 Å². The fourth-order valence-corrected chi connectivity index (χ4v) is 2.21. The van der Waals surface area contributed by atoms with Crippen molar-refractivity contribution in [1.82, 2.24) is 4.98 Å². The molecule has 0 saturated heterocycles. The van der Waals surface area contributed by atoms with Crippen LogP contribution in [0.4, 0.5) is 0 Å². The van der Waals surface area contributed by atoms with Gasteiger partial charge in [-0.3, -0.25) is 4.79 Å². The van der Waals surface area contributed by atoms with Crippen LogP contribution in [0.1, 0.15) is 28.9 Å². The molecule has 0 spiro atoms. The summed E-state index contributed by atoms with van der Waals surface area (Å²) < 4.78 is 9.18. The summed E-state index contributed by atoms with van der Waals surface area (Å²) in [5.41, 5.74) is -0.197. The monoisotopic (exact) mass is 335 g/mol. The summed E-state index contributed by atoms with van der Waals surface area (Å²) in [6.07, 6.45) is -2.12. The zero-order chi connectivity index (χ0) is 17.9. The average Bonchev–Trinajstić information content (AvgIpc) is 2.60. The van der Waals surface area contributed by atoms with Crippen molar-refractivity contribution in [3.63, 3.8) is 0 Å². The van der Waals surface area contributed by atoms with Crippen molar-refractivity contribution in [1.29, 1.82) is 0 Å². The Hall–Kier alpha value is -2.71. The Balaban J connectivity index is 2.49. The van der Waals surface area contributed by atoms with Gasteiger partial charge in [0, 0.05) is 17.1 Å². The lowest BCUT2D eigenvalue weighted by Crippen LogP contribution is -2.29. The molecule has 1 aromatic carbocycles. The van der Waals surface area contributed by atoms with Gasteiger partial charge < -0.3 is 24.7 Å². The summed E-state index contributed by atoms with van der Waals surface area (Å²) in [5, 5.41) is 19.9. The Bertz CT molecular complexity index is 827. The second kappa shape index (κ2) is 7.24. The number of aromatic nitrogens is 1. The number of fused-ring (bicyclic) bond motifs is 1. The molecule has 0 radical (unpaired) electrons.